The molecule has 1 aromatic rings. The summed E-state index contributed by atoms with van der Waals surface area (Å²) in [4.78, 5) is 10.2. The van der Waals surface area contributed by atoms with Crippen LogP contribution in [-0.4, -0.2) is 11.0 Å². The molecule has 18 heavy (non-hydrogen) atoms. The molecule has 0 radical (unpaired) electrons. The smallest absolute Gasteiger partial charge is 0.269 e. The molecule has 4 rings (SSSR count). The van der Waals surface area contributed by atoms with E-state index in [2.05, 4.69) is 0 Å². The van der Waals surface area contributed by atoms with Crippen LogP contribution in [0.4, 0.5) is 5.69 Å². The molecule has 94 valence electrons. The van der Waals surface area contributed by atoms with Crippen molar-refractivity contribution in [2.45, 2.75) is 25.4 Å². The van der Waals surface area contributed by atoms with Crippen LogP contribution in [0.5, 0.6) is 5.75 Å². The molecule has 5 atom stereocenters. The molecule has 0 saturated heterocycles. The molecule has 3 aliphatic carbocycles. The Morgan fingerprint density at radius 2 is 1.78 bits per heavy atom. The first kappa shape index (κ1) is 10.4. The van der Waals surface area contributed by atoms with E-state index in [1.807, 2.05) is 0 Å². The van der Waals surface area contributed by atoms with E-state index < -0.39 is 0 Å². The van der Waals surface area contributed by atoms with E-state index in [1.54, 1.807) is 12.1 Å². The van der Waals surface area contributed by atoms with E-state index in [0.717, 1.165) is 29.4 Å². The fourth-order valence-corrected chi connectivity index (χ4v) is 3.89. The van der Waals surface area contributed by atoms with Crippen LogP contribution in [0.15, 0.2) is 24.3 Å². The molecule has 0 aliphatic heterocycles. The Hall–Kier alpha value is -1.58. The highest BCUT2D eigenvalue weighted by Gasteiger charge is 2.63. The van der Waals surface area contributed by atoms with Crippen molar-refractivity contribution in [1.82, 2.24) is 0 Å². The standard InChI is InChI=1S/C14H15NO3/c16-15(17)8-1-3-9(4-2-8)18-14-11-6-5-10(11)12-7-13(12)14/h1-4,10-14H,5-7H2. The lowest BCUT2D eigenvalue weighted by Gasteiger charge is -2.37. The summed E-state index contributed by atoms with van der Waals surface area (Å²) in [5.41, 5.74) is 0.125. The van der Waals surface area contributed by atoms with E-state index in [1.165, 1.54) is 31.4 Å². The molecule has 3 aliphatic rings. The van der Waals surface area contributed by atoms with Crippen molar-refractivity contribution in [1.29, 1.82) is 0 Å². The Labute approximate surface area is 105 Å². The van der Waals surface area contributed by atoms with Crippen LogP contribution in [0.25, 0.3) is 0 Å². The minimum Gasteiger partial charge on any atom is -0.490 e. The van der Waals surface area contributed by atoms with Gasteiger partial charge in [-0.1, -0.05) is 0 Å². The Kier molecular flexibility index (Phi) is 1.99. The van der Waals surface area contributed by atoms with Gasteiger partial charge in [-0.3, -0.25) is 10.1 Å². The monoisotopic (exact) mass is 245 g/mol. The maximum Gasteiger partial charge on any atom is 0.269 e. The van der Waals surface area contributed by atoms with Gasteiger partial charge in [0.15, 0.2) is 0 Å². The summed E-state index contributed by atoms with van der Waals surface area (Å²) in [6.45, 7) is 0. The third-order valence-corrected chi connectivity index (χ3v) is 4.99. The highest BCUT2D eigenvalue weighted by Crippen LogP contribution is 2.65. The van der Waals surface area contributed by atoms with Crippen LogP contribution < -0.4 is 4.74 Å². The molecule has 5 unspecified atom stereocenters. The second kappa shape index (κ2) is 3.46. The van der Waals surface area contributed by atoms with Crippen LogP contribution in [0.3, 0.4) is 0 Å². The van der Waals surface area contributed by atoms with Crippen molar-refractivity contribution in [2.24, 2.45) is 23.7 Å². The summed E-state index contributed by atoms with van der Waals surface area (Å²) in [6, 6.07) is 6.49. The van der Waals surface area contributed by atoms with Gasteiger partial charge >= 0.3 is 0 Å². The van der Waals surface area contributed by atoms with Crippen LogP contribution >= 0.6 is 0 Å². The van der Waals surface area contributed by atoms with E-state index in [0.29, 0.717) is 6.10 Å². The lowest BCUT2D eigenvalue weighted by molar-refractivity contribution is -0.384. The Balaban J connectivity index is 1.50. The minimum atomic E-state index is -0.377. The zero-order chi connectivity index (χ0) is 12.3. The average Bonchev–Trinajstić information content (AvgIpc) is 3.03. The van der Waals surface area contributed by atoms with Gasteiger partial charge in [0.2, 0.25) is 0 Å². The average molecular weight is 245 g/mol. The second-order valence-electron chi connectivity index (χ2n) is 5.80. The van der Waals surface area contributed by atoms with Crippen molar-refractivity contribution in [3.8, 4) is 5.75 Å². The minimum absolute atomic E-state index is 0.125. The number of nitro groups is 1. The Morgan fingerprint density at radius 3 is 2.33 bits per heavy atom. The van der Waals surface area contributed by atoms with Gasteiger partial charge in [-0.2, -0.15) is 0 Å². The first-order chi connectivity index (χ1) is 8.74. The third kappa shape index (κ3) is 1.38. The SMILES string of the molecule is O=[N+]([O-])c1ccc(OC2C3CCC3C3CC32)cc1. The van der Waals surface area contributed by atoms with Crippen molar-refractivity contribution >= 4 is 5.69 Å². The second-order valence-corrected chi connectivity index (χ2v) is 5.80. The molecule has 0 bridgehead atoms. The topological polar surface area (TPSA) is 52.4 Å². The molecule has 0 amide bonds. The molecular formula is C14H15NO3. The number of hydrogen-bond donors (Lipinski definition) is 0. The largest absolute Gasteiger partial charge is 0.490 e. The number of non-ortho nitro benzene ring substituents is 1. The van der Waals surface area contributed by atoms with E-state index in [4.69, 9.17) is 4.74 Å². The summed E-state index contributed by atoms with van der Waals surface area (Å²) in [5.74, 6) is 4.13. The van der Waals surface area contributed by atoms with Crippen molar-refractivity contribution in [2.75, 3.05) is 0 Å². The normalized spacial score (nSPS) is 39.4. The third-order valence-electron chi connectivity index (χ3n) is 4.99. The number of rotatable bonds is 3. The van der Waals surface area contributed by atoms with Crippen molar-refractivity contribution in [3.05, 3.63) is 34.4 Å². The number of fused-ring (bicyclic) bond motifs is 3. The summed E-state index contributed by atoms with van der Waals surface area (Å²) in [7, 11) is 0. The van der Waals surface area contributed by atoms with E-state index in [9.17, 15) is 10.1 Å². The zero-order valence-corrected chi connectivity index (χ0v) is 9.99. The Bertz CT molecular complexity index is 498. The van der Waals surface area contributed by atoms with Gasteiger partial charge < -0.3 is 4.74 Å². The fourth-order valence-electron chi connectivity index (χ4n) is 3.89. The molecule has 1 aromatic carbocycles. The molecule has 4 heteroatoms. The molecule has 0 heterocycles. The maximum atomic E-state index is 10.6. The predicted molar refractivity (Wildman–Crippen MR) is 65.3 cm³/mol. The van der Waals surface area contributed by atoms with E-state index in [-0.39, 0.29) is 10.6 Å². The van der Waals surface area contributed by atoms with Crippen LogP contribution in [0.2, 0.25) is 0 Å². The number of ether oxygens (including phenoxy) is 1. The van der Waals surface area contributed by atoms with Crippen molar-refractivity contribution < 1.29 is 9.66 Å². The van der Waals surface area contributed by atoms with E-state index >= 15 is 0 Å². The fraction of sp³-hybridized carbons (Fsp3) is 0.571. The molecule has 4 nitrogen and oxygen atoms in total. The zero-order valence-electron chi connectivity index (χ0n) is 9.99. The first-order valence-corrected chi connectivity index (χ1v) is 6.65. The van der Waals surface area contributed by atoms with Gasteiger partial charge in [-0.25, -0.2) is 0 Å². The van der Waals surface area contributed by atoms with Gasteiger partial charge in [0.25, 0.3) is 5.69 Å². The number of benzene rings is 1. The molecular weight excluding hydrogens is 230 g/mol. The van der Waals surface area contributed by atoms with Gasteiger partial charge in [-0.05, 0) is 55.1 Å². The first-order valence-electron chi connectivity index (χ1n) is 6.65. The van der Waals surface area contributed by atoms with Gasteiger partial charge in [-0.15, -0.1) is 0 Å². The highest BCUT2D eigenvalue weighted by molar-refractivity contribution is 5.36. The maximum absolute atomic E-state index is 10.6. The molecule has 3 fully saturated rings. The lowest BCUT2D eigenvalue weighted by Crippen LogP contribution is -2.35. The predicted octanol–water partition coefficient (Wildman–Crippen LogP) is 3.02. The van der Waals surface area contributed by atoms with Crippen LogP contribution in [0, 0.1) is 33.8 Å². The molecule has 3 saturated carbocycles. The number of nitrogens with zero attached hydrogens (tertiary/aromatic N) is 1. The highest BCUT2D eigenvalue weighted by atomic mass is 16.6. The number of nitro benzene ring substituents is 1. The summed E-state index contributed by atoms with van der Waals surface area (Å²) in [6.07, 6.45) is 4.38. The molecule has 0 N–H and O–H groups in total. The summed E-state index contributed by atoms with van der Waals surface area (Å²) >= 11 is 0. The molecule has 0 spiro atoms. The Morgan fingerprint density at radius 1 is 1.06 bits per heavy atom. The van der Waals surface area contributed by atoms with Gasteiger partial charge in [0, 0.05) is 12.1 Å². The lowest BCUT2D eigenvalue weighted by atomic mass is 9.72. The van der Waals surface area contributed by atoms with Gasteiger partial charge in [0.1, 0.15) is 11.9 Å². The van der Waals surface area contributed by atoms with Crippen LogP contribution in [-0.2, 0) is 0 Å². The van der Waals surface area contributed by atoms with Crippen LogP contribution in [0.1, 0.15) is 19.3 Å². The molecule has 0 aromatic heterocycles. The summed E-state index contributed by atoms with van der Waals surface area (Å²) < 4.78 is 6.08. The van der Waals surface area contributed by atoms with Gasteiger partial charge in [0.05, 0.1) is 4.92 Å². The quantitative estimate of drug-likeness (QED) is 0.607. The van der Waals surface area contributed by atoms with Crippen molar-refractivity contribution in [3.63, 3.8) is 0 Å². The summed E-state index contributed by atoms with van der Waals surface area (Å²) in [5, 5.41) is 10.6. The number of hydrogen-bond acceptors (Lipinski definition) is 3.